The summed E-state index contributed by atoms with van der Waals surface area (Å²) in [6.07, 6.45) is 1.53. The van der Waals surface area contributed by atoms with Crippen molar-refractivity contribution < 1.29 is 14.3 Å². The lowest BCUT2D eigenvalue weighted by Gasteiger charge is -2.14. The fourth-order valence-electron chi connectivity index (χ4n) is 4.01. The van der Waals surface area contributed by atoms with Gasteiger partial charge in [0.25, 0.3) is 11.8 Å². The first-order valence-electron chi connectivity index (χ1n) is 11.7. The topological polar surface area (TPSA) is 112 Å². The summed E-state index contributed by atoms with van der Waals surface area (Å²) in [7, 11) is 0. The number of hydrogen-bond acceptors (Lipinski definition) is 5. The van der Waals surface area contributed by atoms with Crippen LogP contribution in [0.25, 0.3) is 16.6 Å². The molecule has 3 aromatic carbocycles. The summed E-state index contributed by atoms with van der Waals surface area (Å²) in [5.41, 5.74) is 7.27. The van der Waals surface area contributed by atoms with Gasteiger partial charge in [0.05, 0.1) is 40.2 Å². The number of hydrogen-bond donors (Lipinski definition) is 2. The van der Waals surface area contributed by atoms with E-state index in [2.05, 4.69) is 15.4 Å². The Bertz CT molecular complexity index is 1700. The number of aromatic nitrogens is 3. The summed E-state index contributed by atoms with van der Waals surface area (Å²) in [6, 6.07) is 20.9. The summed E-state index contributed by atoms with van der Waals surface area (Å²) in [5, 5.41) is 9.71. The molecule has 0 radical (unpaired) electrons. The summed E-state index contributed by atoms with van der Waals surface area (Å²) < 4.78 is 7.13. The van der Waals surface area contributed by atoms with Gasteiger partial charge in [0, 0.05) is 16.6 Å². The lowest BCUT2D eigenvalue weighted by Crippen LogP contribution is -2.21. The van der Waals surface area contributed by atoms with Crippen molar-refractivity contribution in [3.05, 3.63) is 117 Å². The molecule has 0 spiro atoms. The standard InChI is InChI=1S/C28H20Cl3N5O3/c29-18-9-7-16(8-10-18)14-39-15-19-13-23(36(35-19)27-22(30)6-3-11-33-27)28(38)34-25-21(26(32)37)12-17-4-1-2-5-20(17)24(25)31/h1-13H,14-15H2,(H2,32,37)(H,34,38). The third-order valence-corrected chi connectivity index (χ3v) is 6.79. The van der Waals surface area contributed by atoms with E-state index in [4.69, 9.17) is 45.3 Å². The van der Waals surface area contributed by atoms with E-state index in [0.29, 0.717) is 28.1 Å². The SMILES string of the molecule is NC(=O)c1cc2ccccc2c(Cl)c1NC(=O)c1cc(COCc2ccc(Cl)cc2)nn1-c1ncccc1Cl. The molecule has 0 bridgehead atoms. The fraction of sp³-hybridized carbons (Fsp3) is 0.0714. The van der Waals surface area contributed by atoms with Crippen LogP contribution in [0.4, 0.5) is 5.69 Å². The maximum Gasteiger partial charge on any atom is 0.274 e. The molecule has 0 aliphatic rings. The Labute approximate surface area is 238 Å². The zero-order valence-corrected chi connectivity index (χ0v) is 22.5. The average Bonchev–Trinajstić information content (AvgIpc) is 3.35. The van der Waals surface area contributed by atoms with E-state index in [1.165, 1.54) is 10.9 Å². The van der Waals surface area contributed by atoms with E-state index in [-0.39, 0.29) is 39.4 Å². The number of primary amides is 1. The molecule has 0 atom stereocenters. The van der Waals surface area contributed by atoms with Gasteiger partial charge in [-0.05, 0) is 47.3 Å². The summed E-state index contributed by atoms with van der Waals surface area (Å²) >= 11 is 19.0. The number of anilines is 1. The number of nitrogens with two attached hydrogens (primary N) is 1. The van der Waals surface area contributed by atoms with E-state index in [9.17, 15) is 9.59 Å². The molecule has 5 rings (SSSR count). The second-order valence-electron chi connectivity index (χ2n) is 8.51. The summed E-state index contributed by atoms with van der Waals surface area (Å²) in [6.45, 7) is 0.411. The minimum absolute atomic E-state index is 0.0699. The van der Waals surface area contributed by atoms with Crippen LogP contribution in [0.15, 0.2) is 79.0 Å². The molecule has 0 aliphatic carbocycles. The molecule has 0 fully saturated rings. The molecule has 0 unspecified atom stereocenters. The number of pyridine rings is 1. The Morgan fingerprint density at radius 3 is 2.46 bits per heavy atom. The molecule has 2 heterocycles. The van der Waals surface area contributed by atoms with Crippen LogP contribution in [-0.4, -0.2) is 26.6 Å². The molecule has 0 aliphatic heterocycles. The minimum Gasteiger partial charge on any atom is -0.370 e. The Morgan fingerprint density at radius 2 is 1.72 bits per heavy atom. The molecule has 0 saturated heterocycles. The van der Waals surface area contributed by atoms with E-state index >= 15 is 0 Å². The number of fused-ring (bicyclic) bond motifs is 1. The number of nitrogens with zero attached hydrogens (tertiary/aromatic N) is 3. The molecule has 5 aromatic rings. The van der Waals surface area contributed by atoms with E-state index < -0.39 is 11.8 Å². The Balaban J connectivity index is 1.49. The van der Waals surface area contributed by atoms with Gasteiger partial charge in [0.2, 0.25) is 0 Å². The first-order valence-corrected chi connectivity index (χ1v) is 12.8. The summed E-state index contributed by atoms with van der Waals surface area (Å²) in [4.78, 5) is 30.2. The van der Waals surface area contributed by atoms with E-state index in [1.807, 2.05) is 18.2 Å². The van der Waals surface area contributed by atoms with Crippen LogP contribution in [0.2, 0.25) is 15.1 Å². The maximum atomic E-state index is 13.6. The van der Waals surface area contributed by atoms with Gasteiger partial charge in [-0.1, -0.05) is 71.2 Å². The van der Waals surface area contributed by atoms with Crippen LogP contribution < -0.4 is 11.1 Å². The van der Waals surface area contributed by atoms with Crippen LogP contribution in [0.5, 0.6) is 0 Å². The molecule has 8 nitrogen and oxygen atoms in total. The van der Waals surface area contributed by atoms with Crippen molar-refractivity contribution in [1.82, 2.24) is 14.8 Å². The van der Waals surface area contributed by atoms with Gasteiger partial charge in [-0.25, -0.2) is 9.67 Å². The monoisotopic (exact) mass is 579 g/mol. The van der Waals surface area contributed by atoms with Gasteiger partial charge >= 0.3 is 0 Å². The second-order valence-corrected chi connectivity index (χ2v) is 9.74. The lowest BCUT2D eigenvalue weighted by molar-refractivity contribution is 0.100. The number of halogens is 3. The number of rotatable bonds is 8. The highest BCUT2D eigenvalue weighted by Crippen LogP contribution is 2.35. The first kappa shape index (κ1) is 26.6. The molecule has 196 valence electrons. The smallest absolute Gasteiger partial charge is 0.274 e. The highest BCUT2D eigenvalue weighted by Gasteiger charge is 2.23. The minimum atomic E-state index is -0.740. The second kappa shape index (κ2) is 11.4. The van der Waals surface area contributed by atoms with Gasteiger partial charge in [0.1, 0.15) is 5.69 Å². The van der Waals surface area contributed by atoms with Crippen molar-refractivity contribution in [3.63, 3.8) is 0 Å². The highest BCUT2D eigenvalue weighted by atomic mass is 35.5. The number of benzene rings is 3. The van der Waals surface area contributed by atoms with Crippen molar-refractivity contribution >= 4 is 63.1 Å². The van der Waals surface area contributed by atoms with Gasteiger partial charge in [-0.2, -0.15) is 5.10 Å². The lowest BCUT2D eigenvalue weighted by atomic mass is 10.0. The third kappa shape index (κ3) is 5.74. The highest BCUT2D eigenvalue weighted by molar-refractivity contribution is 6.40. The molecule has 11 heteroatoms. The number of ether oxygens (including phenoxy) is 1. The molecule has 2 amide bonds. The van der Waals surface area contributed by atoms with Gasteiger partial charge in [-0.15, -0.1) is 0 Å². The van der Waals surface area contributed by atoms with Crippen LogP contribution in [0, 0.1) is 0 Å². The largest absolute Gasteiger partial charge is 0.370 e. The van der Waals surface area contributed by atoms with Gasteiger partial charge in [-0.3, -0.25) is 9.59 Å². The average molecular weight is 581 g/mol. The van der Waals surface area contributed by atoms with Crippen LogP contribution in [0.1, 0.15) is 32.1 Å². The number of carbonyl (C=O) groups is 2. The van der Waals surface area contributed by atoms with Crippen molar-refractivity contribution in [3.8, 4) is 5.82 Å². The van der Waals surface area contributed by atoms with Crippen LogP contribution in [-0.2, 0) is 18.0 Å². The molecule has 39 heavy (non-hydrogen) atoms. The molecular formula is C28H20Cl3N5O3. The normalized spacial score (nSPS) is 11.1. The van der Waals surface area contributed by atoms with Crippen molar-refractivity contribution in [2.75, 3.05) is 5.32 Å². The molecular weight excluding hydrogens is 561 g/mol. The predicted octanol–water partition coefficient (Wildman–Crippen LogP) is 6.45. The van der Waals surface area contributed by atoms with Gasteiger partial charge in [0.15, 0.2) is 5.82 Å². The van der Waals surface area contributed by atoms with Crippen LogP contribution in [0.3, 0.4) is 0 Å². The third-order valence-electron chi connectivity index (χ3n) is 5.85. The van der Waals surface area contributed by atoms with Crippen LogP contribution >= 0.6 is 34.8 Å². The molecule has 2 aromatic heterocycles. The van der Waals surface area contributed by atoms with E-state index in [1.54, 1.807) is 54.6 Å². The Hall–Kier alpha value is -3.95. The van der Waals surface area contributed by atoms with E-state index in [0.717, 1.165) is 5.56 Å². The first-order chi connectivity index (χ1) is 18.8. The zero-order valence-electron chi connectivity index (χ0n) is 20.2. The number of nitrogens with one attached hydrogen (secondary N) is 1. The number of amides is 2. The molecule has 0 saturated carbocycles. The van der Waals surface area contributed by atoms with Crippen molar-refractivity contribution in [2.24, 2.45) is 5.73 Å². The zero-order chi connectivity index (χ0) is 27.5. The van der Waals surface area contributed by atoms with Crippen molar-refractivity contribution in [2.45, 2.75) is 13.2 Å². The Morgan fingerprint density at radius 1 is 0.949 bits per heavy atom. The molecule has 3 N–H and O–H groups in total. The quantitative estimate of drug-likeness (QED) is 0.219. The number of carbonyl (C=O) groups excluding carboxylic acids is 2. The fourth-order valence-corrected chi connectivity index (χ4v) is 4.66. The van der Waals surface area contributed by atoms with Crippen molar-refractivity contribution in [1.29, 1.82) is 0 Å². The predicted molar refractivity (Wildman–Crippen MR) is 152 cm³/mol. The van der Waals surface area contributed by atoms with Gasteiger partial charge < -0.3 is 15.8 Å². The Kier molecular flexibility index (Phi) is 7.81. The summed E-state index contributed by atoms with van der Waals surface area (Å²) in [5.74, 6) is -1.10. The maximum absolute atomic E-state index is 13.6.